The minimum absolute atomic E-state index is 0.0675. The molecule has 150 valence electrons. The van der Waals surface area contributed by atoms with Gasteiger partial charge in [0.25, 0.3) is 5.91 Å². The van der Waals surface area contributed by atoms with Crippen molar-refractivity contribution in [1.82, 2.24) is 0 Å². The molecule has 2 aromatic rings. The highest BCUT2D eigenvalue weighted by molar-refractivity contribution is 7.92. The molecule has 2 aromatic carbocycles. The van der Waals surface area contributed by atoms with Crippen LogP contribution >= 0.6 is 0 Å². The average molecular weight is 412 g/mol. The average Bonchev–Trinajstić information content (AvgIpc) is 2.66. The van der Waals surface area contributed by atoms with Crippen LogP contribution in [0.5, 0.6) is 0 Å². The molecule has 1 N–H and O–H groups in total. The van der Waals surface area contributed by atoms with Gasteiger partial charge in [0.15, 0.2) is 0 Å². The fraction of sp³-hybridized carbons (Fsp3) is 0.316. The molecule has 0 bridgehead atoms. The molecule has 0 unspecified atom stereocenters. The number of rotatable bonds is 4. The molecule has 1 aliphatic rings. The number of sulfonamides is 1. The van der Waals surface area contributed by atoms with E-state index in [0.29, 0.717) is 25.1 Å². The molecule has 0 aromatic heterocycles. The van der Waals surface area contributed by atoms with E-state index in [1.165, 1.54) is 22.5 Å². The Morgan fingerprint density at radius 1 is 1.18 bits per heavy atom. The molecular weight excluding hydrogens is 393 g/mol. The maximum Gasteiger partial charge on any atom is 0.417 e. The number of anilines is 2. The number of nitrogens with zero attached hydrogens (tertiary/aromatic N) is 1. The summed E-state index contributed by atoms with van der Waals surface area (Å²) in [6.07, 6.45) is -3.29. The third kappa shape index (κ3) is 3.99. The quantitative estimate of drug-likeness (QED) is 0.824. The van der Waals surface area contributed by atoms with Gasteiger partial charge in [0.05, 0.1) is 22.6 Å². The molecule has 0 aliphatic carbocycles. The smallest absolute Gasteiger partial charge is 0.322 e. The number of carbonyl (C=O) groups excluding carboxylic acids is 1. The second-order valence-electron chi connectivity index (χ2n) is 6.42. The van der Waals surface area contributed by atoms with Gasteiger partial charge in [-0.3, -0.25) is 9.10 Å². The first-order valence-electron chi connectivity index (χ1n) is 8.74. The van der Waals surface area contributed by atoms with Gasteiger partial charge in [0.1, 0.15) is 0 Å². The number of hydrogen-bond donors (Lipinski definition) is 1. The summed E-state index contributed by atoms with van der Waals surface area (Å²) in [5.74, 6) is -0.976. The Balaban J connectivity index is 1.93. The van der Waals surface area contributed by atoms with Crippen molar-refractivity contribution in [3.05, 3.63) is 59.2 Å². The summed E-state index contributed by atoms with van der Waals surface area (Å²) in [5, 5.41) is 2.45. The van der Waals surface area contributed by atoms with Crippen molar-refractivity contribution in [3.8, 4) is 0 Å². The van der Waals surface area contributed by atoms with E-state index in [-0.39, 0.29) is 11.4 Å². The van der Waals surface area contributed by atoms with E-state index in [0.717, 1.165) is 17.7 Å². The van der Waals surface area contributed by atoms with Gasteiger partial charge in [-0.15, -0.1) is 0 Å². The van der Waals surface area contributed by atoms with E-state index in [4.69, 9.17) is 0 Å². The van der Waals surface area contributed by atoms with Crippen molar-refractivity contribution in [2.75, 3.05) is 21.9 Å². The fourth-order valence-corrected chi connectivity index (χ4v) is 4.38. The zero-order valence-electron chi connectivity index (χ0n) is 15.1. The first-order chi connectivity index (χ1) is 13.1. The zero-order chi connectivity index (χ0) is 20.5. The lowest BCUT2D eigenvalue weighted by atomic mass is 10.0. The standard InChI is InChI=1S/C19H19F3N2O3S/c1-2-28(26,27)24-11-5-6-13-9-10-14(12-17(13)24)23-18(25)15-7-3-4-8-16(15)19(20,21)22/h3-4,7-10,12H,2,5-6,11H2,1H3,(H,23,25). The highest BCUT2D eigenvalue weighted by Gasteiger charge is 2.35. The zero-order valence-corrected chi connectivity index (χ0v) is 15.9. The summed E-state index contributed by atoms with van der Waals surface area (Å²) in [4.78, 5) is 12.4. The van der Waals surface area contributed by atoms with Gasteiger partial charge in [-0.05, 0) is 49.6 Å². The van der Waals surface area contributed by atoms with E-state index in [9.17, 15) is 26.4 Å². The molecule has 1 aliphatic heterocycles. The van der Waals surface area contributed by atoms with E-state index < -0.39 is 33.2 Å². The number of aryl methyl sites for hydroxylation is 1. The second-order valence-corrected chi connectivity index (χ2v) is 8.60. The summed E-state index contributed by atoms with van der Waals surface area (Å²) >= 11 is 0. The summed E-state index contributed by atoms with van der Waals surface area (Å²) in [6, 6.07) is 9.27. The summed E-state index contributed by atoms with van der Waals surface area (Å²) in [6.45, 7) is 1.88. The third-order valence-corrected chi connectivity index (χ3v) is 6.38. The predicted octanol–water partition coefficient (Wildman–Crippen LogP) is 4.06. The molecular formula is C19H19F3N2O3S. The van der Waals surface area contributed by atoms with Crippen LogP contribution in [0.1, 0.15) is 34.8 Å². The number of benzene rings is 2. The Hall–Kier alpha value is -2.55. The van der Waals surface area contributed by atoms with Crippen LogP contribution < -0.4 is 9.62 Å². The summed E-state index contributed by atoms with van der Waals surface area (Å²) < 4.78 is 65.4. The number of halogens is 3. The largest absolute Gasteiger partial charge is 0.417 e. The molecule has 28 heavy (non-hydrogen) atoms. The molecule has 0 atom stereocenters. The summed E-state index contributed by atoms with van der Waals surface area (Å²) in [5.41, 5.74) is -0.0164. The van der Waals surface area contributed by atoms with Crippen LogP contribution in [0.2, 0.25) is 0 Å². The first-order valence-corrected chi connectivity index (χ1v) is 10.4. The number of carbonyl (C=O) groups is 1. The van der Waals surface area contributed by atoms with Crippen molar-refractivity contribution in [3.63, 3.8) is 0 Å². The van der Waals surface area contributed by atoms with Crippen LogP contribution in [0.25, 0.3) is 0 Å². The fourth-order valence-electron chi connectivity index (χ4n) is 3.19. The number of alkyl halides is 3. The number of fused-ring (bicyclic) bond motifs is 1. The van der Waals surface area contributed by atoms with Crippen molar-refractivity contribution in [2.24, 2.45) is 0 Å². The van der Waals surface area contributed by atoms with Crippen molar-refractivity contribution in [1.29, 1.82) is 0 Å². The molecule has 1 amide bonds. The van der Waals surface area contributed by atoms with Crippen LogP contribution in [-0.2, 0) is 22.6 Å². The van der Waals surface area contributed by atoms with E-state index >= 15 is 0 Å². The second kappa shape index (κ2) is 7.46. The maximum absolute atomic E-state index is 13.1. The Morgan fingerprint density at radius 2 is 1.89 bits per heavy atom. The predicted molar refractivity (Wildman–Crippen MR) is 101 cm³/mol. The van der Waals surface area contributed by atoms with Gasteiger partial charge < -0.3 is 5.32 Å². The maximum atomic E-state index is 13.1. The third-order valence-electron chi connectivity index (χ3n) is 4.60. The minimum atomic E-state index is -4.66. The highest BCUT2D eigenvalue weighted by atomic mass is 32.2. The van der Waals surface area contributed by atoms with Crippen LogP contribution in [0.15, 0.2) is 42.5 Å². The Kier molecular flexibility index (Phi) is 5.38. The Morgan fingerprint density at radius 3 is 2.57 bits per heavy atom. The number of amides is 1. The van der Waals surface area contributed by atoms with Gasteiger partial charge in [0.2, 0.25) is 10.0 Å². The lowest BCUT2D eigenvalue weighted by Crippen LogP contribution is -2.36. The monoisotopic (exact) mass is 412 g/mol. The molecule has 5 nitrogen and oxygen atoms in total. The van der Waals surface area contributed by atoms with Crippen molar-refractivity contribution >= 4 is 27.3 Å². The van der Waals surface area contributed by atoms with Gasteiger partial charge in [0, 0.05) is 12.2 Å². The SMILES string of the molecule is CCS(=O)(=O)N1CCCc2ccc(NC(=O)c3ccccc3C(F)(F)F)cc21. The molecule has 0 radical (unpaired) electrons. The van der Waals surface area contributed by atoms with Gasteiger partial charge in [-0.2, -0.15) is 13.2 Å². The molecule has 9 heteroatoms. The minimum Gasteiger partial charge on any atom is -0.322 e. The van der Waals surface area contributed by atoms with Crippen LogP contribution in [-0.4, -0.2) is 26.6 Å². The van der Waals surface area contributed by atoms with Gasteiger partial charge >= 0.3 is 6.18 Å². The Bertz CT molecular complexity index is 1000. The molecule has 0 saturated carbocycles. The molecule has 0 spiro atoms. The van der Waals surface area contributed by atoms with E-state index in [2.05, 4.69) is 5.32 Å². The van der Waals surface area contributed by atoms with Crippen LogP contribution in [0.3, 0.4) is 0 Å². The molecule has 0 saturated heterocycles. The highest BCUT2D eigenvalue weighted by Crippen LogP contribution is 2.34. The Labute approximate surface area is 161 Å². The topological polar surface area (TPSA) is 66.5 Å². The van der Waals surface area contributed by atoms with Gasteiger partial charge in [-0.25, -0.2) is 8.42 Å². The van der Waals surface area contributed by atoms with E-state index in [1.807, 2.05) is 0 Å². The lowest BCUT2D eigenvalue weighted by molar-refractivity contribution is -0.137. The first kappa shape index (κ1) is 20.2. The van der Waals surface area contributed by atoms with Crippen molar-refractivity contribution in [2.45, 2.75) is 25.9 Å². The lowest BCUT2D eigenvalue weighted by Gasteiger charge is -2.30. The molecule has 3 rings (SSSR count). The van der Waals surface area contributed by atoms with Gasteiger partial charge in [-0.1, -0.05) is 18.2 Å². The number of hydrogen-bond acceptors (Lipinski definition) is 3. The van der Waals surface area contributed by atoms with Crippen LogP contribution in [0, 0.1) is 0 Å². The van der Waals surface area contributed by atoms with E-state index in [1.54, 1.807) is 19.1 Å². The molecule has 1 heterocycles. The summed E-state index contributed by atoms with van der Waals surface area (Å²) in [7, 11) is -3.49. The number of nitrogens with one attached hydrogen (secondary N) is 1. The normalized spacial score (nSPS) is 14.5. The van der Waals surface area contributed by atoms with Crippen LogP contribution in [0.4, 0.5) is 24.5 Å². The molecule has 0 fully saturated rings. The van der Waals surface area contributed by atoms with Crippen molar-refractivity contribution < 1.29 is 26.4 Å².